The molecule has 0 aliphatic carbocycles. The fourth-order valence-corrected chi connectivity index (χ4v) is 2.80. The van der Waals surface area contributed by atoms with Crippen LogP contribution >= 0.6 is 0 Å². The lowest BCUT2D eigenvalue weighted by Crippen LogP contribution is -2.41. The van der Waals surface area contributed by atoms with Gasteiger partial charge in [-0.25, -0.2) is 9.18 Å². The minimum absolute atomic E-state index is 0.301. The monoisotopic (exact) mass is 301 g/mol. The molecule has 1 atom stereocenters. The molecule has 1 unspecified atom stereocenters. The zero-order chi connectivity index (χ0) is 15.9. The third-order valence-corrected chi connectivity index (χ3v) is 3.82. The van der Waals surface area contributed by atoms with E-state index in [9.17, 15) is 9.18 Å². The van der Waals surface area contributed by atoms with Gasteiger partial charge in [-0.3, -0.25) is 0 Å². The lowest BCUT2D eigenvalue weighted by atomic mass is 9.93. The Morgan fingerprint density at radius 3 is 2.64 bits per heavy atom. The Morgan fingerprint density at radius 1 is 1.23 bits per heavy atom. The van der Waals surface area contributed by atoms with E-state index in [1.165, 1.54) is 12.1 Å². The van der Waals surface area contributed by atoms with Crippen LogP contribution in [-0.2, 0) is 0 Å². The predicted molar refractivity (Wildman–Crippen MR) is 80.4 cm³/mol. The molecule has 0 radical (unpaired) electrons. The summed E-state index contributed by atoms with van der Waals surface area (Å²) >= 11 is 0. The summed E-state index contributed by atoms with van der Waals surface area (Å²) in [6.07, 6.45) is -1.09. The highest BCUT2D eigenvalue weighted by atomic mass is 19.1. The number of rotatable bonds is 2. The summed E-state index contributed by atoms with van der Waals surface area (Å²) < 4.78 is 19.2. The molecule has 5 heteroatoms. The molecule has 4 nitrogen and oxygen atoms in total. The normalized spacial score (nSPS) is 18.4. The van der Waals surface area contributed by atoms with E-state index in [1.54, 1.807) is 6.07 Å². The highest BCUT2D eigenvalue weighted by molar-refractivity contribution is 5.69. The van der Waals surface area contributed by atoms with Crippen molar-refractivity contribution in [2.24, 2.45) is 0 Å². The molecule has 0 aromatic heterocycles. The van der Waals surface area contributed by atoms with E-state index >= 15 is 0 Å². The Balaban J connectivity index is 2.01. The summed E-state index contributed by atoms with van der Waals surface area (Å²) in [6.45, 7) is 3.66. The third kappa shape index (κ3) is 2.50. The van der Waals surface area contributed by atoms with Crippen LogP contribution < -0.4 is 10.1 Å². The van der Waals surface area contributed by atoms with Gasteiger partial charge in [-0.15, -0.1) is 0 Å². The fourth-order valence-electron chi connectivity index (χ4n) is 2.80. The summed E-state index contributed by atoms with van der Waals surface area (Å²) in [5.74, 6) is 0.315. The van der Waals surface area contributed by atoms with Gasteiger partial charge in [-0.2, -0.15) is 0 Å². The summed E-state index contributed by atoms with van der Waals surface area (Å²) in [6, 6.07) is 11.4. The van der Waals surface area contributed by atoms with Crippen molar-refractivity contribution in [1.29, 1.82) is 0 Å². The number of fused-ring (bicyclic) bond motifs is 1. The van der Waals surface area contributed by atoms with Gasteiger partial charge in [0.2, 0.25) is 0 Å². The van der Waals surface area contributed by atoms with Crippen LogP contribution in [0.2, 0.25) is 0 Å². The van der Waals surface area contributed by atoms with Crippen molar-refractivity contribution >= 4 is 6.09 Å². The van der Waals surface area contributed by atoms with Crippen LogP contribution in [0.1, 0.15) is 25.5 Å². The molecule has 2 aromatic carbocycles. The lowest BCUT2D eigenvalue weighted by molar-refractivity contribution is 0.0933. The maximum Gasteiger partial charge on any atom is 0.405 e. The first-order valence-corrected chi connectivity index (χ1v) is 6.95. The maximum atomic E-state index is 13.3. The van der Waals surface area contributed by atoms with Crippen LogP contribution in [0.3, 0.4) is 0 Å². The molecule has 0 saturated carbocycles. The summed E-state index contributed by atoms with van der Waals surface area (Å²) in [4.78, 5) is 11.0. The van der Waals surface area contributed by atoms with Crippen molar-refractivity contribution in [3.8, 4) is 16.9 Å². The predicted octanol–water partition coefficient (Wildman–Crippen LogP) is 3.97. The Labute approximate surface area is 127 Å². The Bertz CT molecular complexity index is 742. The molecular formula is C17H16FNO3. The van der Waals surface area contributed by atoms with Gasteiger partial charge in [0.1, 0.15) is 23.2 Å². The Hall–Kier alpha value is -2.56. The van der Waals surface area contributed by atoms with Crippen LogP contribution in [0.4, 0.5) is 9.18 Å². The van der Waals surface area contributed by atoms with E-state index in [4.69, 9.17) is 9.84 Å². The van der Waals surface area contributed by atoms with Crippen molar-refractivity contribution in [2.75, 3.05) is 0 Å². The number of halogens is 1. The van der Waals surface area contributed by atoms with Crippen LogP contribution in [0.5, 0.6) is 5.75 Å². The van der Waals surface area contributed by atoms with Gasteiger partial charge >= 0.3 is 6.09 Å². The van der Waals surface area contributed by atoms with E-state index in [2.05, 4.69) is 5.32 Å². The first kappa shape index (κ1) is 14.4. The highest BCUT2D eigenvalue weighted by Crippen LogP contribution is 2.44. The molecule has 0 bridgehead atoms. The SMILES string of the molecule is CC1(C)Oc2cc(-c3cccc(F)c3)ccc2C1NC(=O)O. The van der Waals surface area contributed by atoms with Crippen molar-refractivity contribution in [3.63, 3.8) is 0 Å². The largest absolute Gasteiger partial charge is 0.485 e. The quantitative estimate of drug-likeness (QED) is 0.882. The van der Waals surface area contributed by atoms with Gasteiger partial charge in [0.15, 0.2) is 0 Å². The Kier molecular flexibility index (Phi) is 3.28. The van der Waals surface area contributed by atoms with Crippen molar-refractivity contribution in [2.45, 2.75) is 25.5 Å². The zero-order valence-electron chi connectivity index (χ0n) is 12.3. The number of nitrogens with one attached hydrogen (secondary N) is 1. The molecule has 3 rings (SSSR count). The van der Waals surface area contributed by atoms with Gasteiger partial charge in [0.25, 0.3) is 0 Å². The fraction of sp³-hybridized carbons (Fsp3) is 0.235. The van der Waals surface area contributed by atoms with E-state index in [0.29, 0.717) is 5.75 Å². The molecule has 114 valence electrons. The first-order valence-electron chi connectivity index (χ1n) is 6.95. The average Bonchev–Trinajstić information content (AvgIpc) is 2.68. The maximum absolute atomic E-state index is 13.3. The van der Waals surface area contributed by atoms with Crippen molar-refractivity contribution in [1.82, 2.24) is 5.32 Å². The first-order chi connectivity index (χ1) is 10.4. The minimum atomic E-state index is -1.09. The van der Waals surface area contributed by atoms with E-state index in [1.807, 2.05) is 38.1 Å². The average molecular weight is 301 g/mol. The summed E-state index contributed by atoms with van der Waals surface area (Å²) in [5, 5.41) is 11.5. The number of carbonyl (C=O) groups is 1. The molecule has 1 amide bonds. The molecule has 1 aliphatic heterocycles. The topological polar surface area (TPSA) is 58.6 Å². The number of ether oxygens (including phenoxy) is 1. The molecular weight excluding hydrogens is 285 g/mol. The summed E-state index contributed by atoms with van der Waals surface area (Å²) in [7, 11) is 0. The van der Waals surface area contributed by atoms with E-state index in [-0.39, 0.29) is 5.82 Å². The van der Waals surface area contributed by atoms with Gasteiger partial charge < -0.3 is 15.2 Å². The zero-order valence-corrected chi connectivity index (χ0v) is 12.3. The molecule has 2 N–H and O–H groups in total. The highest BCUT2D eigenvalue weighted by Gasteiger charge is 2.42. The molecule has 1 heterocycles. The van der Waals surface area contributed by atoms with E-state index in [0.717, 1.165) is 16.7 Å². The smallest absolute Gasteiger partial charge is 0.405 e. The van der Waals surface area contributed by atoms with Gasteiger partial charge in [0.05, 0.1) is 0 Å². The molecule has 0 fully saturated rings. The molecule has 0 saturated heterocycles. The van der Waals surface area contributed by atoms with Crippen LogP contribution in [0.25, 0.3) is 11.1 Å². The second-order valence-corrected chi connectivity index (χ2v) is 5.85. The van der Waals surface area contributed by atoms with Crippen molar-refractivity contribution in [3.05, 3.63) is 53.8 Å². The van der Waals surface area contributed by atoms with Crippen LogP contribution in [-0.4, -0.2) is 16.8 Å². The number of hydrogen-bond donors (Lipinski definition) is 2. The third-order valence-electron chi connectivity index (χ3n) is 3.82. The number of hydrogen-bond acceptors (Lipinski definition) is 2. The second-order valence-electron chi connectivity index (χ2n) is 5.85. The molecule has 22 heavy (non-hydrogen) atoms. The van der Waals surface area contributed by atoms with Crippen molar-refractivity contribution < 1.29 is 19.0 Å². The molecule has 1 aliphatic rings. The number of carboxylic acid groups (broad SMARTS) is 1. The van der Waals surface area contributed by atoms with Crippen LogP contribution in [0.15, 0.2) is 42.5 Å². The second kappa shape index (κ2) is 5.02. The lowest BCUT2D eigenvalue weighted by Gasteiger charge is -2.25. The van der Waals surface area contributed by atoms with Crippen LogP contribution in [0, 0.1) is 5.82 Å². The molecule has 0 spiro atoms. The molecule has 2 aromatic rings. The van der Waals surface area contributed by atoms with Gasteiger partial charge in [-0.1, -0.05) is 24.3 Å². The summed E-state index contributed by atoms with van der Waals surface area (Å²) in [5.41, 5.74) is 1.68. The van der Waals surface area contributed by atoms with Gasteiger partial charge in [-0.05, 0) is 43.2 Å². The standard InChI is InChI=1S/C17H16FNO3/c1-17(2)15(19-16(20)21)13-7-6-11(9-14(13)22-17)10-4-3-5-12(18)8-10/h3-9,15,19H,1-2H3,(H,20,21). The Morgan fingerprint density at radius 2 is 1.95 bits per heavy atom. The van der Waals surface area contributed by atoms with Gasteiger partial charge in [0, 0.05) is 5.56 Å². The number of benzene rings is 2. The van der Waals surface area contributed by atoms with E-state index < -0.39 is 17.7 Å². The minimum Gasteiger partial charge on any atom is -0.485 e. The number of amides is 1.